The van der Waals surface area contributed by atoms with Crippen molar-refractivity contribution in [1.29, 1.82) is 0 Å². The molecule has 0 saturated carbocycles. The first-order chi connectivity index (χ1) is 9.74. The van der Waals surface area contributed by atoms with E-state index in [2.05, 4.69) is 20.5 Å². The lowest BCUT2D eigenvalue weighted by Crippen LogP contribution is -2.15. The van der Waals surface area contributed by atoms with Gasteiger partial charge in [0.2, 0.25) is 11.8 Å². The molecular weight excluding hydrogens is 295 g/mol. The average Bonchev–Trinajstić information content (AvgIpc) is 2.86. The minimum absolute atomic E-state index is 0.0676. The molecule has 21 heavy (non-hydrogen) atoms. The van der Waals surface area contributed by atoms with E-state index in [1.54, 1.807) is 0 Å². The van der Waals surface area contributed by atoms with Gasteiger partial charge in [0.05, 0.1) is 16.7 Å². The predicted octanol–water partition coefficient (Wildman–Crippen LogP) is 1.18. The van der Waals surface area contributed by atoms with Crippen LogP contribution in [-0.2, 0) is 6.18 Å². The minimum Gasteiger partial charge on any atom is -0.292 e. The highest BCUT2D eigenvalue weighted by atomic mass is 19.4. The maximum Gasteiger partial charge on any atom is 0.419 e. The minimum atomic E-state index is -4.62. The van der Waals surface area contributed by atoms with E-state index in [0.717, 1.165) is 0 Å². The Labute approximate surface area is 114 Å². The highest BCUT2D eigenvalue weighted by molar-refractivity contribution is 5.53. The van der Waals surface area contributed by atoms with E-state index in [4.69, 9.17) is 5.84 Å². The van der Waals surface area contributed by atoms with Gasteiger partial charge < -0.3 is 0 Å². The number of alkyl halides is 3. The number of hydrazine groups is 1. The zero-order valence-electron chi connectivity index (χ0n) is 10.4. The van der Waals surface area contributed by atoms with Crippen LogP contribution in [0, 0.1) is 17.0 Å². The molecule has 0 spiro atoms. The molecule has 0 aromatic carbocycles. The molecule has 12 heteroatoms. The summed E-state index contributed by atoms with van der Waals surface area (Å²) in [7, 11) is 0. The van der Waals surface area contributed by atoms with Crippen LogP contribution in [0.15, 0.2) is 12.4 Å². The molecule has 0 atom stereocenters. The summed E-state index contributed by atoms with van der Waals surface area (Å²) < 4.78 is 38.3. The van der Waals surface area contributed by atoms with Crippen molar-refractivity contribution in [3.8, 4) is 5.82 Å². The van der Waals surface area contributed by atoms with Crippen LogP contribution in [0.1, 0.15) is 11.3 Å². The fourth-order valence-corrected chi connectivity index (χ4v) is 1.57. The Hall–Kier alpha value is -2.76. The Morgan fingerprint density at radius 2 is 2.10 bits per heavy atom. The van der Waals surface area contributed by atoms with Gasteiger partial charge in [-0.1, -0.05) is 0 Å². The molecule has 0 saturated heterocycles. The number of nitrogens with zero attached hydrogens (tertiary/aromatic N) is 5. The molecule has 0 aliphatic heterocycles. The number of hydrogen-bond donors (Lipinski definition) is 2. The topological polar surface area (TPSA) is 125 Å². The SMILES string of the molecule is Cc1nc(NN)nc(-n2cc(C(F)(F)F)cn2)c1[N+](=O)[O-]. The molecule has 0 fully saturated rings. The molecule has 112 valence electrons. The summed E-state index contributed by atoms with van der Waals surface area (Å²) in [5, 5.41) is 14.5. The summed E-state index contributed by atoms with van der Waals surface area (Å²) in [6.07, 6.45) is -3.49. The monoisotopic (exact) mass is 303 g/mol. The molecule has 0 radical (unpaired) electrons. The van der Waals surface area contributed by atoms with Crippen molar-refractivity contribution < 1.29 is 18.1 Å². The van der Waals surface area contributed by atoms with Gasteiger partial charge in [-0.2, -0.15) is 23.3 Å². The smallest absolute Gasteiger partial charge is 0.292 e. The van der Waals surface area contributed by atoms with E-state index in [9.17, 15) is 23.3 Å². The standard InChI is InChI=1S/C9H8F3N7O2/c1-4-6(19(20)21)7(16-8(15-4)17-13)18-3-5(2-14-18)9(10,11)12/h2-3H,13H2,1H3,(H,15,16,17). The lowest BCUT2D eigenvalue weighted by molar-refractivity contribution is -0.385. The zero-order chi connectivity index (χ0) is 15.8. The summed E-state index contributed by atoms with van der Waals surface area (Å²) in [5.74, 6) is 4.51. The maximum atomic E-state index is 12.5. The quantitative estimate of drug-likeness (QED) is 0.495. The van der Waals surface area contributed by atoms with Crippen molar-refractivity contribution in [2.45, 2.75) is 13.1 Å². The van der Waals surface area contributed by atoms with E-state index in [1.165, 1.54) is 6.92 Å². The summed E-state index contributed by atoms with van der Waals surface area (Å²) in [6.45, 7) is 1.30. The molecule has 0 aliphatic carbocycles. The number of anilines is 1. The third-order valence-corrected chi connectivity index (χ3v) is 2.48. The molecule has 0 bridgehead atoms. The van der Waals surface area contributed by atoms with Crippen LogP contribution >= 0.6 is 0 Å². The number of aryl methyl sites for hydroxylation is 1. The first-order valence-corrected chi connectivity index (χ1v) is 5.36. The van der Waals surface area contributed by atoms with Crippen LogP contribution in [0.2, 0.25) is 0 Å². The largest absolute Gasteiger partial charge is 0.419 e. The Morgan fingerprint density at radius 3 is 2.57 bits per heavy atom. The number of halogens is 3. The molecule has 2 aromatic rings. The Morgan fingerprint density at radius 1 is 1.43 bits per heavy atom. The number of nitro groups is 1. The van der Waals surface area contributed by atoms with Crippen molar-refractivity contribution in [3.05, 3.63) is 33.8 Å². The number of hydrogen-bond acceptors (Lipinski definition) is 7. The number of nitrogens with one attached hydrogen (secondary N) is 1. The Bertz CT molecular complexity index is 697. The number of aromatic nitrogens is 4. The first-order valence-electron chi connectivity index (χ1n) is 5.36. The summed E-state index contributed by atoms with van der Waals surface area (Å²) in [4.78, 5) is 17.6. The summed E-state index contributed by atoms with van der Waals surface area (Å²) in [5.41, 5.74) is 0.381. The molecule has 2 aromatic heterocycles. The van der Waals surface area contributed by atoms with Gasteiger partial charge in [-0.05, 0) is 6.92 Å². The maximum absolute atomic E-state index is 12.5. The lowest BCUT2D eigenvalue weighted by Gasteiger charge is -2.06. The van der Waals surface area contributed by atoms with Crippen molar-refractivity contribution in [1.82, 2.24) is 19.7 Å². The van der Waals surface area contributed by atoms with Gasteiger partial charge >= 0.3 is 11.9 Å². The molecule has 0 unspecified atom stereocenters. The van der Waals surface area contributed by atoms with Crippen molar-refractivity contribution in [2.75, 3.05) is 5.43 Å². The highest BCUT2D eigenvalue weighted by Crippen LogP contribution is 2.31. The van der Waals surface area contributed by atoms with Gasteiger partial charge in [-0.3, -0.25) is 15.5 Å². The fraction of sp³-hybridized carbons (Fsp3) is 0.222. The van der Waals surface area contributed by atoms with E-state index in [1.807, 2.05) is 0 Å². The second kappa shape index (κ2) is 4.97. The zero-order valence-corrected chi connectivity index (χ0v) is 10.4. The van der Waals surface area contributed by atoms with Gasteiger partial charge in [0.1, 0.15) is 5.69 Å². The van der Waals surface area contributed by atoms with E-state index < -0.39 is 28.2 Å². The Kier molecular flexibility index (Phi) is 3.47. The van der Waals surface area contributed by atoms with Crippen molar-refractivity contribution in [2.24, 2.45) is 5.84 Å². The number of nitrogen functional groups attached to an aromatic ring is 1. The summed E-state index contributed by atoms with van der Waals surface area (Å²) in [6, 6.07) is 0. The van der Waals surface area contributed by atoms with E-state index in [-0.39, 0.29) is 11.6 Å². The average molecular weight is 303 g/mol. The third kappa shape index (κ3) is 2.74. The van der Waals surface area contributed by atoms with Crippen molar-refractivity contribution >= 4 is 11.6 Å². The fourth-order valence-electron chi connectivity index (χ4n) is 1.57. The van der Waals surface area contributed by atoms with E-state index in [0.29, 0.717) is 17.1 Å². The lowest BCUT2D eigenvalue weighted by atomic mass is 10.3. The molecule has 0 amide bonds. The molecule has 3 N–H and O–H groups in total. The van der Waals surface area contributed by atoms with Gasteiger partial charge in [-0.15, -0.1) is 0 Å². The van der Waals surface area contributed by atoms with Crippen molar-refractivity contribution in [3.63, 3.8) is 0 Å². The van der Waals surface area contributed by atoms with Gasteiger partial charge in [0, 0.05) is 6.20 Å². The third-order valence-electron chi connectivity index (χ3n) is 2.48. The molecule has 9 nitrogen and oxygen atoms in total. The highest BCUT2D eigenvalue weighted by Gasteiger charge is 2.33. The molecule has 2 heterocycles. The molecule has 0 aliphatic rings. The van der Waals surface area contributed by atoms with Crippen LogP contribution in [0.4, 0.5) is 24.8 Å². The Balaban J connectivity index is 2.64. The normalized spacial score (nSPS) is 11.5. The van der Waals surface area contributed by atoms with Crippen LogP contribution in [0.5, 0.6) is 0 Å². The second-order valence-electron chi connectivity index (χ2n) is 3.88. The molecular formula is C9H8F3N7O2. The predicted molar refractivity (Wildman–Crippen MR) is 63.4 cm³/mol. The van der Waals surface area contributed by atoms with Gasteiger partial charge in [-0.25, -0.2) is 15.5 Å². The number of rotatable bonds is 3. The molecule has 2 rings (SSSR count). The summed E-state index contributed by atoms with van der Waals surface area (Å²) >= 11 is 0. The van der Waals surface area contributed by atoms with Gasteiger partial charge in [0.25, 0.3) is 0 Å². The van der Waals surface area contributed by atoms with Gasteiger partial charge in [0.15, 0.2) is 0 Å². The first kappa shape index (κ1) is 14.6. The second-order valence-corrected chi connectivity index (χ2v) is 3.88. The number of nitrogens with two attached hydrogens (primary N) is 1. The van der Waals surface area contributed by atoms with Crippen LogP contribution in [0.25, 0.3) is 5.82 Å². The van der Waals surface area contributed by atoms with Crippen LogP contribution < -0.4 is 11.3 Å². The van der Waals surface area contributed by atoms with Crippen LogP contribution in [-0.4, -0.2) is 24.7 Å². The van der Waals surface area contributed by atoms with Crippen LogP contribution in [0.3, 0.4) is 0 Å². The van der Waals surface area contributed by atoms with E-state index >= 15 is 0 Å².